The summed E-state index contributed by atoms with van der Waals surface area (Å²) in [5.74, 6) is 3.01. The summed E-state index contributed by atoms with van der Waals surface area (Å²) in [6, 6.07) is 16.1. The largest absolute Gasteiger partial charge is 0.453 e. The van der Waals surface area contributed by atoms with E-state index in [-0.39, 0.29) is 11.2 Å². The molecule has 2 aliphatic rings. The average molecular weight is 748 g/mol. The van der Waals surface area contributed by atoms with Gasteiger partial charge in [0.1, 0.15) is 11.6 Å². The van der Waals surface area contributed by atoms with Crippen molar-refractivity contribution in [2.24, 2.45) is 23.5 Å². The van der Waals surface area contributed by atoms with E-state index in [4.69, 9.17) is 0 Å². The number of carbonyl (C=O) groups excluding carboxylic acids is 1. The predicted molar refractivity (Wildman–Crippen MR) is 222 cm³/mol. The number of ether oxygens (including phenoxy) is 1. The molecular weight excluding hydrogens is 682 g/mol. The maximum Gasteiger partial charge on any atom is 0.404 e. The first-order valence-electron chi connectivity index (χ1n) is 19.7. The second kappa shape index (κ2) is 23.3. The molecular formula is C44H66FN5O2S. The van der Waals surface area contributed by atoms with Crippen LogP contribution in [0.5, 0.6) is 0 Å². The molecule has 7 nitrogen and oxygen atoms in total. The number of allylic oxidation sites excluding steroid dienone is 3. The highest BCUT2D eigenvalue weighted by Gasteiger charge is 2.39. The summed E-state index contributed by atoms with van der Waals surface area (Å²) in [7, 11) is 1.22. The maximum atomic E-state index is 14.4. The molecule has 1 saturated heterocycles. The van der Waals surface area contributed by atoms with Crippen LogP contribution >= 0.6 is 11.8 Å². The van der Waals surface area contributed by atoms with Crippen molar-refractivity contribution in [1.82, 2.24) is 14.5 Å². The molecule has 1 aliphatic carbocycles. The SMILES string of the molecule is C/C=C\C(=C/CC)Sc1ccc(NCC(C)CN2CCC(C(C)(Cn3ccnc3CC)c3cccc(F)c3)CC2)cc1.CC1CCCC1.COC(N)=O. The number of carbonyl (C=O) groups is 1. The Morgan fingerprint density at radius 3 is 2.36 bits per heavy atom. The molecule has 1 amide bonds. The number of hydrogen-bond donors (Lipinski definition) is 2. The van der Waals surface area contributed by atoms with E-state index >= 15 is 0 Å². The molecule has 2 atom stereocenters. The summed E-state index contributed by atoms with van der Waals surface area (Å²) in [6.45, 7) is 18.4. The normalized spacial score (nSPS) is 17.3. The van der Waals surface area contributed by atoms with Crippen LogP contribution < -0.4 is 11.1 Å². The number of methoxy groups -OCH3 is 1. The average Bonchev–Trinajstić information content (AvgIpc) is 3.83. The van der Waals surface area contributed by atoms with Crippen LogP contribution in [0.1, 0.15) is 97.9 Å². The number of hydrogen-bond acceptors (Lipinski definition) is 6. The summed E-state index contributed by atoms with van der Waals surface area (Å²) in [5.41, 5.74) is 6.54. The lowest BCUT2D eigenvalue weighted by molar-refractivity contribution is 0.113. The van der Waals surface area contributed by atoms with Gasteiger partial charge in [0.15, 0.2) is 0 Å². The minimum absolute atomic E-state index is 0.154. The monoisotopic (exact) mass is 747 g/mol. The molecule has 1 aliphatic heterocycles. The number of anilines is 1. The zero-order valence-electron chi connectivity index (χ0n) is 33.5. The Bertz CT molecular complexity index is 1540. The Kier molecular flexibility index (Phi) is 19.3. The number of piperidine rings is 1. The zero-order valence-corrected chi connectivity index (χ0v) is 34.3. The molecule has 9 heteroatoms. The van der Waals surface area contributed by atoms with Crippen molar-refractivity contribution in [2.75, 3.05) is 38.6 Å². The molecule has 1 saturated carbocycles. The van der Waals surface area contributed by atoms with Crippen LogP contribution in [0.2, 0.25) is 0 Å². The minimum atomic E-state index is -0.745. The topological polar surface area (TPSA) is 85.4 Å². The molecule has 3 N–H and O–H groups in total. The molecule has 2 unspecified atom stereocenters. The standard InChI is InChI=1S/C36H49FN4S.C6H12.C2H5NO2/c1-6-10-33(11-7-2)42-34-16-14-32(15-17-34)39-25-28(4)26-40-21-18-29(19-22-40)36(5,30-12-9-13-31(37)24-30)27-41-23-20-38-35(41)8-3;1-6-4-2-3-5-6;1-5-2(3)4/h6,9-17,20,23-24,28-29,39H,7-8,18-19,21-22,25-27H2,1-5H3;6H,2-5H2,1H3;1H3,(H2,3,4)/b10-6-,33-11+;;. The van der Waals surface area contributed by atoms with Crippen LogP contribution in [0, 0.1) is 23.6 Å². The van der Waals surface area contributed by atoms with E-state index in [0.717, 1.165) is 75.7 Å². The molecule has 53 heavy (non-hydrogen) atoms. The first-order valence-corrected chi connectivity index (χ1v) is 20.5. The van der Waals surface area contributed by atoms with Gasteiger partial charge in [-0.05, 0) is 99.0 Å². The first-order chi connectivity index (χ1) is 25.5. The molecule has 1 aromatic heterocycles. The molecule has 2 fully saturated rings. The van der Waals surface area contributed by atoms with Crippen LogP contribution in [0.3, 0.4) is 0 Å². The van der Waals surface area contributed by atoms with Gasteiger partial charge in [-0.15, -0.1) is 0 Å². The Labute approximate surface area is 324 Å². The van der Waals surface area contributed by atoms with E-state index in [1.807, 2.05) is 24.0 Å². The predicted octanol–water partition coefficient (Wildman–Crippen LogP) is 10.9. The summed E-state index contributed by atoms with van der Waals surface area (Å²) in [5, 5.41) is 3.65. The second-order valence-corrected chi connectivity index (χ2v) is 16.0. The first kappa shape index (κ1) is 43.8. The number of imidazole rings is 1. The molecule has 0 radical (unpaired) electrons. The molecule has 2 heterocycles. The van der Waals surface area contributed by atoms with Crippen molar-refractivity contribution in [3.05, 3.63) is 101 Å². The number of aryl methyl sites for hydroxylation is 1. The van der Waals surface area contributed by atoms with E-state index in [2.05, 4.69) is 127 Å². The number of benzene rings is 2. The lowest BCUT2D eigenvalue weighted by Gasteiger charge is -2.44. The quantitative estimate of drug-likeness (QED) is 0.126. The van der Waals surface area contributed by atoms with Gasteiger partial charge in [-0.25, -0.2) is 14.2 Å². The Morgan fingerprint density at radius 1 is 1.13 bits per heavy atom. The number of rotatable bonds is 14. The van der Waals surface area contributed by atoms with Crippen molar-refractivity contribution in [3.8, 4) is 0 Å². The molecule has 5 rings (SSSR count). The van der Waals surface area contributed by atoms with E-state index in [1.54, 1.807) is 12.1 Å². The fraction of sp³-hybridized carbons (Fsp3) is 0.545. The van der Waals surface area contributed by atoms with Gasteiger partial charge in [-0.3, -0.25) is 0 Å². The fourth-order valence-electron chi connectivity index (χ4n) is 7.42. The summed E-state index contributed by atoms with van der Waals surface area (Å²) in [6.07, 6.45) is 19.9. The number of nitrogens with two attached hydrogens (primary N) is 1. The van der Waals surface area contributed by atoms with Crippen LogP contribution in [-0.4, -0.2) is 53.8 Å². The van der Waals surface area contributed by atoms with E-state index in [0.29, 0.717) is 11.8 Å². The summed E-state index contributed by atoms with van der Waals surface area (Å²) >= 11 is 1.81. The molecule has 0 spiro atoms. The third kappa shape index (κ3) is 15.0. The van der Waals surface area contributed by atoms with E-state index in [9.17, 15) is 9.18 Å². The van der Waals surface area contributed by atoms with Crippen LogP contribution in [-0.2, 0) is 23.1 Å². The van der Waals surface area contributed by atoms with Crippen LogP contribution in [0.25, 0.3) is 0 Å². The number of primary amides is 1. The Morgan fingerprint density at radius 2 is 1.81 bits per heavy atom. The fourth-order valence-corrected chi connectivity index (χ4v) is 8.42. The maximum absolute atomic E-state index is 14.4. The van der Waals surface area contributed by atoms with Gasteiger partial charge in [-0.2, -0.15) is 0 Å². The van der Waals surface area contributed by atoms with Gasteiger partial charge in [0, 0.05) is 59.4 Å². The number of amides is 1. The van der Waals surface area contributed by atoms with Crippen LogP contribution in [0.4, 0.5) is 14.9 Å². The van der Waals surface area contributed by atoms with Crippen molar-refractivity contribution in [2.45, 2.75) is 110 Å². The third-order valence-electron chi connectivity index (χ3n) is 10.5. The number of halogens is 1. The summed E-state index contributed by atoms with van der Waals surface area (Å²) < 4.78 is 20.5. The van der Waals surface area contributed by atoms with E-state index < -0.39 is 6.09 Å². The number of likely N-dealkylation sites (tertiary alicyclic amines) is 1. The van der Waals surface area contributed by atoms with Gasteiger partial charge in [0.2, 0.25) is 0 Å². The van der Waals surface area contributed by atoms with Crippen LogP contribution in [0.15, 0.2) is 89.0 Å². The minimum Gasteiger partial charge on any atom is -0.453 e. The number of nitrogens with zero attached hydrogens (tertiary/aromatic N) is 3. The van der Waals surface area contributed by atoms with Crippen molar-refractivity contribution in [3.63, 3.8) is 0 Å². The number of nitrogens with one attached hydrogen (secondary N) is 1. The molecule has 292 valence electrons. The van der Waals surface area contributed by atoms with Gasteiger partial charge >= 0.3 is 6.09 Å². The van der Waals surface area contributed by atoms with Gasteiger partial charge in [0.05, 0.1) is 7.11 Å². The summed E-state index contributed by atoms with van der Waals surface area (Å²) in [4.78, 5) is 19.1. The highest BCUT2D eigenvalue weighted by atomic mass is 32.2. The van der Waals surface area contributed by atoms with Crippen molar-refractivity contribution < 1.29 is 13.9 Å². The second-order valence-electron chi connectivity index (χ2n) is 14.9. The Hall–Kier alpha value is -3.56. The third-order valence-corrected chi connectivity index (χ3v) is 11.5. The van der Waals surface area contributed by atoms with Gasteiger partial charge in [-0.1, -0.05) is 102 Å². The zero-order chi connectivity index (χ0) is 38.6. The van der Waals surface area contributed by atoms with Gasteiger partial charge in [0.25, 0.3) is 0 Å². The van der Waals surface area contributed by atoms with Crippen molar-refractivity contribution in [1.29, 1.82) is 0 Å². The highest BCUT2D eigenvalue weighted by molar-refractivity contribution is 8.03. The molecule has 2 aromatic carbocycles. The van der Waals surface area contributed by atoms with Gasteiger partial charge < -0.3 is 25.3 Å². The smallest absolute Gasteiger partial charge is 0.404 e. The molecule has 3 aromatic rings. The number of aromatic nitrogens is 2. The Balaban J connectivity index is 0.000000592. The lowest BCUT2D eigenvalue weighted by Crippen LogP contribution is -2.45. The number of thioether (sulfide) groups is 1. The molecule has 0 bridgehead atoms. The lowest BCUT2D eigenvalue weighted by atomic mass is 9.67. The highest BCUT2D eigenvalue weighted by Crippen LogP contribution is 2.40. The van der Waals surface area contributed by atoms with E-state index in [1.165, 1.54) is 48.3 Å². The van der Waals surface area contributed by atoms with Crippen molar-refractivity contribution >= 4 is 23.5 Å².